The summed E-state index contributed by atoms with van der Waals surface area (Å²) in [7, 11) is 0. The van der Waals surface area contributed by atoms with Crippen LogP contribution >= 0.6 is 0 Å². The van der Waals surface area contributed by atoms with E-state index in [0.29, 0.717) is 17.7 Å². The van der Waals surface area contributed by atoms with Crippen LogP contribution in [0.1, 0.15) is 29.3 Å². The molecule has 5 rings (SSSR count). The molecule has 0 N–H and O–H groups in total. The number of hydrogen-bond acceptors (Lipinski definition) is 8. The number of nitrogens with zero attached hydrogens (tertiary/aromatic N) is 4. The number of hydrogen-bond donors (Lipinski definition) is 0. The lowest BCUT2D eigenvalue weighted by Gasteiger charge is -2.19. The summed E-state index contributed by atoms with van der Waals surface area (Å²) in [6.45, 7) is 0.937. The molecule has 0 fully saturated rings. The van der Waals surface area contributed by atoms with Gasteiger partial charge >= 0.3 is 11.7 Å². The molecular weight excluding hydrogens is 464 g/mol. The van der Waals surface area contributed by atoms with Crippen LogP contribution in [0.5, 0.6) is 0 Å². The van der Waals surface area contributed by atoms with Gasteiger partial charge in [-0.1, -0.05) is 48.0 Å². The Labute approximate surface area is 205 Å². The molecule has 0 saturated heterocycles. The molecule has 0 spiro atoms. The van der Waals surface area contributed by atoms with Crippen LogP contribution < -0.4 is 5.76 Å². The lowest BCUT2D eigenvalue weighted by molar-refractivity contribution is -0.153. The van der Waals surface area contributed by atoms with Crippen molar-refractivity contribution in [3.05, 3.63) is 100 Å². The van der Waals surface area contributed by atoms with Crippen LogP contribution in [0.15, 0.2) is 91.7 Å². The van der Waals surface area contributed by atoms with Crippen molar-refractivity contribution in [3.8, 4) is 11.5 Å². The highest BCUT2D eigenvalue weighted by molar-refractivity contribution is 6.03. The zero-order valence-electron chi connectivity index (χ0n) is 19.4. The summed E-state index contributed by atoms with van der Waals surface area (Å²) in [6, 6.07) is 19.7. The maximum Gasteiger partial charge on any atom is 0.437 e. The molecule has 182 valence electrons. The van der Waals surface area contributed by atoms with Crippen LogP contribution in [-0.4, -0.2) is 39.0 Å². The van der Waals surface area contributed by atoms with Gasteiger partial charge in [-0.3, -0.25) is 9.59 Å². The van der Waals surface area contributed by atoms with E-state index in [1.807, 2.05) is 37.3 Å². The highest BCUT2D eigenvalue weighted by Crippen LogP contribution is 2.33. The first-order valence-electron chi connectivity index (χ1n) is 11.3. The minimum atomic E-state index is -0.810. The summed E-state index contributed by atoms with van der Waals surface area (Å²) in [5, 5.41) is 9.81. The smallest absolute Gasteiger partial charge is 0.437 e. The molecular formula is C26H22N4O6. The number of carbonyl (C=O) groups excluding carboxylic acids is 2. The monoisotopic (exact) mass is 486 g/mol. The van der Waals surface area contributed by atoms with E-state index >= 15 is 0 Å². The Balaban J connectivity index is 1.26. The fraction of sp³-hybridized carbons (Fsp3) is 0.192. The number of carbonyl (C=O) groups is 2. The van der Waals surface area contributed by atoms with Crippen molar-refractivity contribution in [3.63, 3.8) is 0 Å². The van der Waals surface area contributed by atoms with E-state index in [2.05, 4.69) is 10.2 Å². The number of aryl methyl sites for hydroxylation is 1. The van der Waals surface area contributed by atoms with E-state index in [1.54, 1.807) is 36.4 Å². The number of aromatic nitrogens is 2. The molecule has 2 aromatic heterocycles. The van der Waals surface area contributed by atoms with E-state index < -0.39 is 36.8 Å². The molecule has 1 aliphatic rings. The van der Waals surface area contributed by atoms with Crippen LogP contribution in [0, 0.1) is 6.92 Å². The highest BCUT2D eigenvalue weighted by atomic mass is 16.5. The second-order valence-corrected chi connectivity index (χ2v) is 8.24. The van der Waals surface area contributed by atoms with Gasteiger partial charge in [-0.05, 0) is 36.8 Å². The van der Waals surface area contributed by atoms with Gasteiger partial charge in [-0.2, -0.15) is 9.78 Å². The second kappa shape index (κ2) is 9.87. The molecule has 0 bridgehead atoms. The highest BCUT2D eigenvalue weighted by Gasteiger charge is 2.35. The van der Waals surface area contributed by atoms with Gasteiger partial charge in [-0.15, -0.1) is 5.10 Å². The quantitative estimate of drug-likeness (QED) is 0.368. The average Bonchev–Trinajstić information content (AvgIpc) is 3.64. The molecule has 3 heterocycles. The van der Waals surface area contributed by atoms with Gasteiger partial charge in [0.1, 0.15) is 18.3 Å². The van der Waals surface area contributed by atoms with Gasteiger partial charge in [-0.25, -0.2) is 9.80 Å². The van der Waals surface area contributed by atoms with Crippen molar-refractivity contribution < 1.29 is 23.2 Å². The molecule has 1 amide bonds. The summed E-state index contributed by atoms with van der Waals surface area (Å²) in [5.41, 5.74) is 3.32. The molecule has 36 heavy (non-hydrogen) atoms. The molecule has 1 unspecified atom stereocenters. The zero-order chi connectivity index (χ0) is 25.1. The van der Waals surface area contributed by atoms with Crippen LogP contribution in [-0.2, 0) is 20.9 Å². The summed E-state index contributed by atoms with van der Waals surface area (Å²) >= 11 is 0. The maximum atomic E-state index is 13.0. The van der Waals surface area contributed by atoms with Gasteiger partial charge in [0, 0.05) is 12.0 Å². The number of esters is 1. The third kappa shape index (κ3) is 4.88. The molecule has 4 aromatic rings. The standard InChI is InChI=1S/C26H22N4O6/c1-17-9-11-18(12-10-17)20-14-21(22-8-5-13-34-22)30(27-20)23(31)16-35-24(32)15-29-26(33)36-25(28-29)19-6-3-2-4-7-19/h2-13,21H,14-16H2,1H3. The Morgan fingerprint density at radius 2 is 1.81 bits per heavy atom. The first-order chi connectivity index (χ1) is 17.5. The third-order valence-electron chi connectivity index (χ3n) is 5.68. The number of hydrazone groups is 1. The minimum absolute atomic E-state index is 0.0841. The number of ether oxygens (including phenoxy) is 1. The molecule has 10 heteroatoms. The van der Waals surface area contributed by atoms with Crippen LogP contribution in [0.3, 0.4) is 0 Å². The fourth-order valence-electron chi connectivity index (χ4n) is 3.84. The normalized spacial score (nSPS) is 15.1. The van der Waals surface area contributed by atoms with Gasteiger partial charge in [0.15, 0.2) is 6.61 Å². The van der Waals surface area contributed by atoms with E-state index in [-0.39, 0.29) is 5.89 Å². The maximum absolute atomic E-state index is 13.0. The van der Waals surface area contributed by atoms with Gasteiger partial charge in [0.2, 0.25) is 5.89 Å². The van der Waals surface area contributed by atoms with Gasteiger partial charge in [0.25, 0.3) is 5.91 Å². The van der Waals surface area contributed by atoms with Crippen LogP contribution in [0.2, 0.25) is 0 Å². The van der Waals surface area contributed by atoms with Crippen molar-refractivity contribution in [1.29, 1.82) is 0 Å². The molecule has 1 aliphatic heterocycles. The predicted molar refractivity (Wildman–Crippen MR) is 128 cm³/mol. The van der Waals surface area contributed by atoms with Crippen LogP contribution in [0.25, 0.3) is 11.5 Å². The number of rotatable bonds is 7. The summed E-state index contributed by atoms with van der Waals surface area (Å²) in [6.07, 6.45) is 1.98. The molecule has 0 saturated carbocycles. The summed E-state index contributed by atoms with van der Waals surface area (Å²) in [4.78, 5) is 37.4. The van der Waals surface area contributed by atoms with Crippen molar-refractivity contribution in [2.45, 2.75) is 25.9 Å². The van der Waals surface area contributed by atoms with Gasteiger partial charge in [0.05, 0.1) is 12.0 Å². The zero-order valence-corrected chi connectivity index (χ0v) is 19.4. The lowest BCUT2D eigenvalue weighted by Crippen LogP contribution is -2.32. The van der Waals surface area contributed by atoms with Crippen molar-refractivity contribution >= 4 is 17.6 Å². The molecule has 10 nitrogen and oxygen atoms in total. The largest absolute Gasteiger partial charge is 0.467 e. The first kappa shape index (κ1) is 23.0. The van der Waals surface area contributed by atoms with Crippen molar-refractivity contribution in [1.82, 2.24) is 14.8 Å². The molecule has 1 atom stereocenters. The van der Waals surface area contributed by atoms with E-state index in [9.17, 15) is 14.4 Å². The summed E-state index contributed by atoms with van der Waals surface area (Å²) < 4.78 is 16.6. The van der Waals surface area contributed by atoms with Crippen molar-refractivity contribution in [2.75, 3.05) is 6.61 Å². The summed E-state index contributed by atoms with van der Waals surface area (Å²) in [5.74, 6) is -1.48. The number of benzene rings is 2. The van der Waals surface area contributed by atoms with E-state index in [0.717, 1.165) is 21.5 Å². The van der Waals surface area contributed by atoms with Crippen LogP contribution in [0.4, 0.5) is 0 Å². The van der Waals surface area contributed by atoms with E-state index in [4.69, 9.17) is 13.6 Å². The average molecular weight is 486 g/mol. The molecule has 0 aliphatic carbocycles. The number of amides is 1. The predicted octanol–water partition coefficient (Wildman–Crippen LogP) is 3.33. The van der Waals surface area contributed by atoms with Crippen molar-refractivity contribution in [2.24, 2.45) is 5.10 Å². The lowest BCUT2D eigenvalue weighted by atomic mass is 10.0. The Morgan fingerprint density at radius 1 is 1.03 bits per heavy atom. The Hall–Kier alpha value is -4.73. The first-order valence-corrected chi connectivity index (χ1v) is 11.3. The molecule has 0 radical (unpaired) electrons. The second-order valence-electron chi connectivity index (χ2n) is 8.24. The van der Waals surface area contributed by atoms with E-state index in [1.165, 1.54) is 11.3 Å². The Bertz CT molecular complexity index is 1450. The molecule has 2 aromatic carbocycles. The Morgan fingerprint density at radius 3 is 2.53 bits per heavy atom. The SMILES string of the molecule is Cc1ccc(C2=NN(C(=O)COC(=O)Cn3nc(-c4ccccc4)oc3=O)C(c3ccco3)C2)cc1. The fourth-order valence-corrected chi connectivity index (χ4v) is 3.84. The Kier molecular flexibility index (Phi) is 6.31. The number of furan rings is 1. The van der Waals surface area contributed by atoms with Gasteiger partial charge < -0.3 is 13.6 Å². The minimum Gasteiger partial charge on any atom is -0.467 e. The third-order valence-corrected chi connectivity index (χ3v) is 5.68. The topological polar surface area (TPSA) is 120 Å².